The second-order valence-electron chi connectivity index (χ2n) is 6.42. The zero-order chi connectivity index (χ0) is 16.4. The van der Waals surface area contributed by atoms with Gasteiger partial charge in [0, 0.05) is 18.1 Å². The number of hydrogen-bond acceptors (Lipinski definition) is 4. The van der Waals surface area contributed by atoms with Crippen LogP contribution < -0.4 is 0 Å². The molecule has 2 unspecified atom stereocenters. The number of fused-ring (bicyclic) bond motifs is 1. The van der Waals surface area contributed by atoms with Crippen molar-refractivity contribution in [2.45, 2.75) is 38.2 Å². The third kappa shape index (κ3) is 3.46. The Hall–Kier alpha value is -2.10. The van der Waals surface area contributed by atoms with Crippen molar-refractivity contribution in [3.63, 3.8) is 0 Å². The molecule has 3 aliphatic rings. The highest BCUT2D eigenvalue weighted by Crippen LogP contribution is 2.55. The summed E-state index contributed by atoms with van der Waals surface area (Å²) >= 11 is 0. The molecule has 4 nitrogen and oxygen atoms in total. The molecule has 0 amide bonds. The van der Waals surface area contributed by atoms with Gasteiger partial charge in [-0.3, -0.25) is 0 Å². The molecule has 2 atom stereocenters. The lowest BCUT2D eigenvalue weighted by Gasteiger charge is -2.30. The molecule has 0 bridgehead atoms. The fraction of sp³-hybridized carbons (Fsp3) is 0.474. The largest absolute Gasteiger partial charge is 0.459 e. The highest BCUT2D eigenvalue weighted by molar-refractivity contribution is 5.82. The maximum Gasteiger partial charge on any atom is 0.335 e. The molecule has 3 rings (SSSR count). The molecule has 2 fully saturated rings. The number of carbonyl (C=O) groups is 2. The topological polar surface area (TPSA) is 52.6 Å². The van der Waals surface area contributed by atoms with Crippen LogP contribution in [0.2, 0.25) is 0 Å². The molecular weight excluding hydrogens is 292 g/mol. The number of allylic oxidation sites excluding steroid dienone is 4. The molecule has 23 heavy (non-hydrogen) atoms. The lowest BCUT2D eigenvalue weighted by atomic mass is 9.79. The lowest BCUT2D eigenvalue weighted by molar-refractivity contribution is -0.144. The summed E-state index contributed by atoms with van der Waals surface area (Å²) in [5.41, 5.74) is 1.47. The first-order chi connectivity index (χ1) is 11.1. The zero-order valence-electron chi connectivity index (χ0n) is 13.2. The van der Waals surface area contributed by atoms with Gasteiger partial charge in [0.05, 0.1) is 0 Å². The third-order valence-corrected chi connectivity index (χ3v) is 5.00. The van der Waals surface area contributed by atoms with E-state index in [1.807, 2.05) is 6.08 Å². The van der Waals surface area contributed by atoms with Crippen LogP contribution >= 0.6 is 0 Å². The van der Waals surface area contributed by atoms with Crippen LogP contribution in [0, 0.1) is 17.8 Å². The van der Waals surface area contributed by atoms with Gasteiger partial charge in [-0.2, -0.15) is 0 Å². The average Bonchev–Trinajstić information content (AvgIpc) is 3.37. The van der Waals surface area contributed by atoms with Gasteiger partial charge in [-0.15, -0.1) is 0 Å². The maximum atomic E-state index is 11.3. The Labute approximate surface area is 136 Å². The Bertz CT molecular complexity index is 590. The van der Waals surface area contributed by atoms with Gasteiger partial charge in [0.2, 0.25) is 0 Å². The Balaban J connectivity index is 1.57. The lowest BCUT2D eigenvalue weighted by Crippen LogP contribution is -2.25. The van der Waals surface area contributed by atoms with E-state index in [4.69, 9.17) is 9.47 Å². The van der Waals surface area contributed by atoms with Crippen LogP contribution in [0.3, 0.4) is 0 Å². The van der Waals surface area contributed by atoms with Crippen molar-refractivity contribution in [3.05, 3.63) is 48.8 Å². The second-order valence-corrected chi connectivity index (χ2v) is 6.42. The molecule has 0 saturated heterocycles. The summed E-state index contributed by atoms with van der Waals surface area (Å²) < 4.78 is 10.6. The average molecular weight is 314 g/mol. The van der Waals surface area contributed by atoms with Crippen LogP contribution in [0.4, 0.5) is 0 Å². The molecular formula is C19H22O4. The Kier molecular flexibility index (Phi) is 4.51. The van der Waals surface area contributed by atoms with Gasteiger partial charge >= 0.3 is 11.9 Å². The van der Waals surface area contributed by atoms with Gasteiger partial charge in [-0.05, 0) is 50.0 Å². The minimum absolute atomic E-state index is 0.0237. The molecule has 0 spiro atoms. The van der Waals surface area contributed by atoms with E-state index >= 15 is 0 Å². The SMILES string of the molecule is C=CC(=O)OC1=CC=C(C2CCC(OC(=O)C=C)CC2)C2CC12. The summed E-state index contributed by atoms with van der Waals surface area (Å²) in [4.78, 5) is 22.6. The van der Waals surface area contributed by atoms with Gasteiger partial charge in [-0.25, -0.2) is 9.59 Å². The number of ether oxygens (including phenoxy) is 2. The minimum atomic E-state index is -0.386. The van der Waals surface area contributed by atoms with Crippen molar-refractivity contribution in [2.75, 3.05) is 0 Å². The normalized spacial score (nSPS) is 31.8. The van der Waals surface area contributed by atoms with E-state index in [0.717, 1.165) is 37.9 Å². The van der Waals surface area contributed by atoms with Crippen molar-refractivity contribution >= 4 is 11.9 Å². The van der Waals surface area contributed by atoms with E-state index < -0.39 is 0 Å². The maximum absolute atomic E-state index is 11.3. The molecule has 122 valence electrons. The van der Waals surface area contributed by atoms with Crippen LogP contribution in [0.15, 0.2) is 48.8 Å². The van der Waals surface area contributed by atoms with Crippen LogP contribution in [-0.4, -0.2) is 18.0 Å². The van der Waals surface area contributed by atoms with Crippen molar-refractivity contribution in [3.8, 4) is 0 Å². The molecule has 0 aromatic rings. The van der Waals surface area contributed by atoms with E-state index in [0.29, 0.717) is 17.8 Å². The van der Waals surface area contributed by atoms with E-state index in [2.05, 4.69) is 19.2 Å². The summed E-state index contributed by atoms with van der Waals surface area (Å²) in [6.45, 7) is 6.86. The van der Waals surface area contributed by atoms with Crippen molar-refractivity contribution in [1.29, 1.82) is 0 Å². The third-order valence-electron chi connectivity index (χ3n) is 5.00. The van der Waals surface area contributed by atoms with Gasteiger partial charge in [0.25, 0.3) is 0 Å². The second kappa shape index (κ2) is 6.57. The van der Waals surface area contributed by atoms with Crippen molar-refractivity contribution in [1.82, 2.24) is 0 Å². The first kappa shape index (κ1) is 15.8. The summed E-state index contributed by atoms with van der Waals surface area (Å²) in [6, 6.07) is 0. The predicted molar refractivity (Wildman–Crippen MR) is 86.1 cm³/mol. The monoisotopic (exact) mass is 314 g/mol. The number of rotatable bonds is 5. The Morgan fingerprint density at radius 1 is 1.00 bits per heavy atom. The van der Waals surface area contributed by atoms with Gasteiger partial charge < -0.3 is 9.47 Å². The number of carbonyl (C=O) groups excluding carboxylic acids is 2. The zero-order valence-corrected chi connectivity index (χ0v) is 13.2. The predicted octanol–water partition coefficient (Wildman–Crippen LogP) is 3.46. The standard InChI is InChI=1S/C19H22O4/c1-3-18(20)22-13-7-5-12(6-8-13)14-9-10-17(16-11-15(14)16)23-19(21)4-2/h3-4,9-10,12-13,15-16H,1-2,5-8,11H2. The molecule has 0 aliphatic heterocycles. The molecule has 0 aromatic carbocycles. The van der Waals surface area contributed by atoms with Crippen LogP contribution in [0.1, 0.15) is 32.1 Å². The molecule has 0 radical (unpaired) electrons. The number of hydrogen-bond donors (Lipinski definition) is 0. The molecule has 3 aliphatic carbocycles. The number of esters is 2. The Morgan fingerprint density at radius 3 is 2.35 bits per heavy atom. The molecule has 0 heterocycles. The molecule has 0 N–H and O–H groups in total. The molecule has 4 heteroatoms. The van der Waals surface area contributed by atoms with Crippen LogP contribution in [-0.2, 0) is 19.1 Å². The first-order valence-electron chi connectivity index (χ1n) is 8.21. The highest BCUT2D eigenvalue weighted by atomic mass is 16.5. The quantitative estimate of drug-likeness (QED) is 0.576. The van der Waals surface area contributed by atoms with Gasteiger partial charge in [-0.1, -0.05) is 24.8 Å². The van der Waals surface area contributed by atoms with Crippen molar-refractivity contribution in [2.24, 2.45) is 17.8 Å². The van der Waals surface area contributed by atoms with Crippen LogP contribution in [0.5, 0.6) is 0 Å². The fourth-order valence-corrected chi connectivity index (χ4v) is 3.74. The minimum Gasteiger partial charge on any atom is -0.459 e. The molecule has 0 aromatic heterocycles. The summed E-state index contributed by atoms with van der Waals surface area (Å²) in [5, 5.41) is 0. The van der Waals surface area contributed by atoms with Crippen LogP contribution in [0.25, 0.3) is 0 Å². The van der Waals surface area contributed by atoms with E-state index in [9.17, 15) is 9.59 Å². The fourth-order valence-electron chi connectivity index (χ4n) is 3.74. The van der Waals surface area contributed by atoms with Crippen molar-refractivity contribution < 1.29 is 19.1 Å². The van der Waals surface area contributed by atoms with Gasteiger partial charge in [0.15, 0.2) is 0 Å². The van der Waals surface area contributed by atoms with E-state index in [1.54, 1.807) is 0 Å². The Morgan fingerprint density at radius 2 is 1.70 bits per heavy atom. The highest BCUT2D eigenvalue weighted by Gasteiger charge is 2.47. The van der Waals surface area contributed by atoms with E-state index in [1.165, 1.54) is 17.7 Å². The summed E-state index contributed by atoms with van der Waals surface area (Å²) in [7, 11) is 0. The smallest absolute Gasteiger partial charge is 0.335 e. The first-order valence-corrected chi connectivity index (χ1v) is 8.21. The van der Waals surface area contributed by atoms with Gasteiger partial charge in [0.1, 0.15) is 11.9 Å². The molecule has 2 saturated carbocycles. The van der Waals surface area contributed by atoms with E-state index in [-0.39, 0.29) is 18.0 Å². The summed E-state index contributed by atoms with van der Waals surface area (Å²) in [5.74, 6) is 1.49. The summed E-state index contributed by atoms with van der Waals surface area (Å²) in [6.07, 6.45) is 11.5.